The van der Waals surface area contributed by atoms with Gasteiger partial charge in [-0.15, -0.1) is 0 Å². The van der Waals surface area contributed by atoms with Gasteiger partial charge in [0.15, 0.2) is 6.79 Å². The number of halogens is 1. The maximum atomic E-state index is 13.4. The van der Waals surface area contributed by atoms with Crippen molar-refractivity contribution in [3.05, 3.63) is 29.6 Å². The lowest BCUT2D eigenvalue weighted by Gasteiger charge is -2.10. The molecule has 1 rings (SSSR count). The van der Waals surface area contributed by atoms with E-state index in [-0.39, 0.29) is 12.6 Å². The van der Waals surface area contributed by atoms with Gasteiger partial charge < -0.3 is 14.8 Å². The van der Waals surface area contributed by atoms with Gasteiger partial charge in [0.1, 0.15) is 11.6 Å². The van der Waals surface area contributed by atoms with Crippen LogP contribution < -0.4 is 10.1 Å². The van der Waals surface area contributed by atoms with E-state index >= 15 is 0 Å². The second kappa shape index (κ2) is 8.06. The molecule has 3 nitrogen and oxygen atoms in total. The van der Waals surface area contributed by atoms with E-state index in [2.05, 4.69) is 19.2 Å². The van der Waals surface area contributed by atoms with E-state index in [0.717, 1.165) is 12.1 Å². The van der Waals surface area contributed by atoms with E-state index in [1.165, 1.54) is 12.1 Å². The maximum Gasteiger partial charge on any atom is 0.189 e. The molecule has 18 heavy (non-hydrogen) atoms. The zero-order valence-electron chi connectivity index (χ0n) is 11.3. The summed E-state index contributed by atoms with van der Waals surface area (Å²) in [6.45, 7) is 8.43. The maximum absolute atomic E-state index is 13.4. The fourth-order valence-electron chi connectivity index (χ4n) is 1.50. The molecule has 0 spiro atoms. The van der Waals surface area contributed by atoms with E-state index in [4.69, 9.17) is 9.47 Å². The first-order chi connectivity index (χ1) is 8.61. The molecular weight excluding hydrogens is 233 g/mol. The summed E-state index contributed by atoms with van der Waals surface area (Å²) in [6, 6.07) is 4.71. The molecule has 1 aromatic carbocycles. The molecule has 0 saturated carbocycles. The number of ether oxygens (including phenoxy) is 2. The zero-order valence-corrected chi connectivity index (χ0v) is 11.3. The highest BCUT2D eigenvalue weighted by Gasteiger charge is 2.02. The summed E-state index contributed by atoms with van der Waals surface area (Å²) in [7, 11) is 0. The molecule has 0 aliphatic rings. The summed E-state index contributed by atoms with van der Waals surface area (Å²) in [5.41, 5.74) is 0.877. The van der Waals surface area contributed by atoms with Crippen molar-refractivity contribution in [1.29, 1.82) is 0 Å². The Bertz CT molecular complexity index is 356. The van der Waals surface area contributed by atoms with Crippen LogP contribution in [0.25, 0.3) is 0 Å². The van der Waals surface area contributed by atoms with Crippen LogP contribution in [-0.2, 0) is 11.3 Å². The van der Waals surface area contributed by atoms with Crippen molar-refractivity contribution in [3.8, 4) is 5.75 Å². The van der Waals surface area contributed by atoms with Crippen molar-refractivity contribution in [2.45, 2.75) is 27.3 Å². The molecule has 0 fully saturated rings. The van der Waals surface area contributed by atoms with Gasteiger partial charge in [-0.1, -0.05) is 13.8 Å². The predicted molar refractivity (Wildman–Crippen MR) is 70.1 cm³/mol. The molecule has 0 amide bonds. The summed E-state index contributed by atoms with van der Waals surface area (Å²) in [5, 5.41) is 3.27. The predicted octanol–water partition coefficient (Wildman–Crippen LogP) is 2.94. The normalized spacial score (nSPS) is 10.9. The Labute approximate surface area is 108 Å². The molecule has 0 atom stereocenters. The smallest absolute Gasteiger partial charge is 0.189 e. The lowest BCUT2D eigenvalue weighted by molar-refractivity contribution is 0.0222. The Balaban J connectivity index is 2.51. The SMILES string of the molecule is CCOCOc1cc(F)cc(CNCC(C)C)c1. The minimum Gasteiger partial charge on any atom is -0.467 e. The van der Waals surface area contributed by atoms with Crippen LogP contribution in [0.1, 0.15) is 26.3 Å². The Hall–Kier alpha value is -1.13. The van der Waals surface area contributed by atoms with Crippen molar-refractivity contribution in [3.63, 3.8) is 0 Å². The van der Waals surface area contributed by atoms with Crippen LogP contribution >= 0.6 is 0 Å². The first-order valence-corrected chi connectivity index (χ1v) is 6.32. The fraction of sp³-hybridized carbons (Fsp3) is 0.571. The molecule has 1 N–H and O–H groups in total. The second-order valence-corrected chi connectivity index (χ2v) is 4.57. The summed E-state index contributed by atoms with van der Waals surface area (Å²) in [5.74, 6) is 0.794. The molecule has 1 aromatic rings. The van der Waals surface area contributed by atoms with Gasteiger partial charge in [-0.2, -0.15) is 0 Å². The van der Waals surface area contributed by atoms with E-state index in [1.54, 1.807) is 0 Å². The van der Waals surface area contributed by atoms with Crippen LogP contribution in [0.4, 0.5) is 4.39 Å². The van der Waals surface area contributed by atoms with Crippen LogP contribution in [-0.4, -0.2) is 19.9 Å². The Morgan fingerprint density at radius 3 is 2.72 bits per heavy atom. The molecule has 0 bridgehead atoms. The van der Waals surface area contributed by atoms with Crippen molar-refractivity contribution >= 4 is 0 Å². The van der Waals surface area contributed by atoms with Gasteiger partial charge in [0.2, 0.25) is 0 Å². The minimum absolute atomic E-state index is 0.152. The largest absolute Gasteiger partial charge is 0.467 e. The number of nitrogens with one attached hydrogen (secondary N) is 1. The molecule has 0 aliphatic carbocycles. The Kier molecular flexibility index (Phi) is 6.68. The van der Waals surface area contributed by atoms with Gasteiger partial charge in [-0.3, -0.25) is 0 Å². The van der Waals surface area contributed by atoms with Crippen LogP contribution in [0.5, 0.6) is 5.75 Å². The van der Waals surface area contributed by atoms with E-state index < -0.39 is 0 Å². The average Bonchev–Trinajstić information content (AvgIpc) is 2.28. The molecule has 0 radical (unpaired) electrons. The van der Waals surface area contributed by atoms with Gasteiger partial charge in [0, 0.05) is 19.2 Å². The van der Waals surface area contributed by atoms with Crippen molar-refractivity contribution < 1.29 is 13.9 Å². The highest BCUT2D eigenvalue weighted by molar-refractivity contribution is 5.29. The zero-order chi connectivity index (χ0) is 13.4. The second-order valence-electron chi connectivity index (χ2n) is 4.57. The number of hydrogen-bond acceptors (Lipinski definition) is 3. The Morgan fingerprint density at radius 2 is 2.06 bits per heavy atom. The molecule has 0 unspecified atom stereocenters. The van der Waals surface area contributed by atoms with E-state index in [0.29, 0.717) is 24.8 Å². The third-order valence-electron chi connectivity index (χ3n) is 2.33. The van der Waals surface area contributed by atoms with Crippen LogP contribution in [0, 0.1) is 11.7 Å². The summed E-state index contributed by atoms with van der Waals surface area (Å²) < 4.78 is 23.7. The summed E-state index contributed by atoms with van der Waals surface area (Å²) in [6.07, 6.45) is 0. The number of hydrogen-bond donors (Lipinski definition) is 1. The van der Waals surface area contributed by atoms with Gasteiger partial charge in [-0.05, 0) is 37.1 Å². The monoisotopic (exact) mass is 255 g/mol. The highest BCUT2D eigenvalue weighted by Crippen LogP contribution is 2.16. The van der Waals surface area contributed by atoms with Gasteiger partial charge >= 0.3 is 0 Å². The topological polar surface area (TPSA) is 30.5 Å². The van der Waals surface area contributed by atoms with Gasteiger partial charge in [0.05, 0.1) is 0 Å². The summed E-state index contributed by atoms with van der Waals surface area (Å²) >= 11 is 0. The van der Waals surface area contributed by atoms with Crippen molar-refractivity contribution in [2.24, 2.45) is 5.92 Å². The molecule has 4 heteroatoms. The Morgan fingerprint density at radius 1 is 1.28 bits per heavy atom. The molecular formula is C14H22FNO2. The third kappa shape index (κ3) is 5.98. The quantitative estimate of drug-likeness (QED) is 0.572. The van der Waals surface area contributed by atoms with Crippen molar-refractivity contribution in [2.75, 3.05) is 19.9 Å². The van der Waals surface area contributed by atoms with E-state index in [9.17, 15) is 4.39 Å². The fourth-order valence-corrected chi connectivity index (χ4v) is 1.50. The third-order valence-corrected chi connectivity index (χ3v) is 2.33. The minimum atomic E-state index is -0.287. The van der Waals surface area contributed by atoms with Crippen LogP contribution in [0.3, 0.4) is 0 Å². The molecule has 0 aromatic heterocycles. The van der Waals surface area contributed by atoms with E-state index in [1.807, 2.05) is 13.0 Å². The average molecular weight is 255 g/mol. The molecule has 0 aliphatic heterocycles. The first-order valence-electron chi connectivity index (χ1n) is 6.32. The molecule has 0 heterocycles. The van der Waals surface area contributed by atoms with Crippen LogP contribution in [0.15, 0.2) is 18.2 Å². The van der Waals surface area contributed by atoms with Crippen molar-refractivity contribution in [1.82, 2.24) is 5.32 Å². The van der Waals surface area contributed by atoms with Gasteiger partial charge in [0.25, 0.3) is 0 Å². The van der Waals surface area contributed by atoms with Crippen LogP contribution in [0.2, 0.25) is 0 Å². The summed E-state index contributed by atoms with van der Waals surface area (Å²) in [4.78, 5) is 0. The standard InChI is InChI=1S/C14H22FNO2/c1-4-17-10-18-14-6-12(5-13(15)7-14)9-16-8-11(2)3/h5-7,11,16H,4,8-10H2,1-3H3. The number of rotatable bonds is 8. The van der Waals surface area contributed by atoms with Gasteiger partial charge in [-0.25, -0.2) is 4.39 Å². The lowest BCUT2D eigenvalue weighted by Crippen LogP contribution is -2.19. The number of benzene rings is 1. The first kappa shape index (κ1) is 14.9. The molecule has 102 valence electrons. The lowest BCUT2D eigenvalue weighted by atomic mass is 10.2. The highest BCUT2D eigenvalue weighted by atomic mass is 19.1. The molecule has 0 saturated heterocycles.